The molecule has 1 aliphatic heterocycles. The Morgan fingerprint density at radius 1 is 1.42 bits per heavy atom. The van der Waals surface area contributed by atoms with Crippen LogP contribution in [0.25, 0.3) is 0 Å². The van der Waals surface area contributed by atoms with E-state index >= 15 is 0 Å². The molecule has 0 unspecified atom stereocenters. The van der Waals surface area contributed by atoms with E-state index in [2.05, 4.69) is 43.5 Å². The summed E-state index contributed by atoms with van der Waals surface area (Å²) in [7, 11) is 2.09. The molecule has 0 saturated carbocycles. The second-order valence-electron chi connectivity index (χ2n) is 3.39. The maximum atomic E-state index is 3.33. The van der Waals surface area contributed by atoms with Crippen molar-refractivity contribution in [2.45, 2.75) is 26.7 Å². The molecule has 1 heterocycles. The van der Waals surface area contributed by atoms with E-state index in [-0.39, 0.29) is 0 Å². The molecule has 2 heteroatoms. The highest BCUT2D eigenvalue weighted by Crippen LogP contribution is 2.06. The molecule has 1 N–H and O–H groups in total. The van der Waals surface area contributed by atoms with Crippen molar-refractivity contribution in [3.05, 3.63) is 23.4 Å². The molecule has 0 saturated heterocycles. The van der Waals surface area contributed by atoms with Crippen molar-refractivity contribution in [2.24, 2.45) is 0 Å². The fourth-order valence-corrected chi connectivity index (χ4v) is 1.26. The number of hydrazine groups is 1. The topological polar surface area (TPSA) is 15.3 Å². The van der Waals surface area contributed by atoms with Crippen molar-refractivity contribution in [3.63, 3.8) is 0 Å². The average molecular weight is 166 g/mol. The van der Waals surface area contributed by atoms with Gasteiger partial charge in [-0.15, -0.1) is 0 Å². The van der Waals surface area contributed by atoms with Gasteiger partial charge >= 0.3 is 0 Å². The van der Waals surface area contributed by atoms with Crippen molar-refractivity contribution in [1.29, 1.82) is 0 Å². The van der Waals surface area contributed by atoms with Crippen LogP contribution in [0.5, 0.6) is 0 Å². The van der Waals surface area contributed by atoms with E-state index in [9.17, 15) is 0 Å². The lowest BCUT2D eigenvalue weighted by Crippen LogP contribution is -2.33. The molecule has 0 aromatic heterocycles. The molecule has 0 aromatic carbocycles. The first-order chi connectivity index (χ1) is 5.70. The highest BCUT2D eigenvalue weighted by atomic mass is 15.5. The molecule has 0 bridgehead atoms. The summed E-state index contributed by atoms with van der Waals surface area (Å²) >= 11 is 0. The molecule has 12 heavy (non-hydrogen) atoms. The Labute approximate surface area is 74.9 Å². The fraction of sp³-hybridized carbons (Fsp3) is 0.600. The van der Waals surface area contributed by atoms with E-state index < -0.39 is 0 Å². The Hall–Kier alpha value is -0.760. The summed E-state index contributed by atoms with van der Waals surface area (Å²) in [6, 6.07) is 0. The lowest BCUT2D eigenvalue weighted by atomic mass is 10.2. The normalized spacial score (nSPS) is 29.9. The number of hydrogen-bond donors (Lipinski definition) is 1. The maximum absolute atomic E-state index is 3.33. The Bertz CT molecular complexity index is 204. The van der Waals surface area contributed by atoms with Crippen LogP contribution in [0, 0.1) is 0 Å². The predicted octanol–water partition coefficient (Wildman–Crippen LogP) is 2.07. The van der Waals surface area contributed by atoms with Gasteiger partial charge in [-0.25, -0.2) is 5.01 Å². The largest absolute Gasteiger partial charge is 0.323 e. The van der Waals surface area contributed by atoms with Gasteiger partial charge < -0.3 is 5.43 Å². The minimum absolute atomic E-state index is 1.11. The van der Waals surface area contributed by atoms with Crippen molar-refractivity contribution in [3.8, 4) is 0 Å². The summed E-state index contributed by atoms with van der Waals surface area (Å²) in [6.45, 7) is 5.36. The van der Waals surface area contributed by atoms with Crippen molar-refractivity contribution >= 4 is 0 Å². The summed E-state index contributed by atoms with van der Waals surface area (Å²) in [5, 5.41) is 2.14. The van der Waals surface area contributed by atoms with Gasteiger partial charge in [0.1, 0.15) is 0 Å². The van der Waals surface area contributed by atoms with E-state index in [0.717, 1.165) is 6.54 Å². The molecule has 0 atom stereocenters. The Balaban J connectivity index is 2.69. The molecule has 2 nitrogen and oxygen atoms in total. The predicted molar refractivity (Wildman–Crippen MR) is 52.5 cm³/mol. The zero-order valence-electron chi connectivity index (χ0n) is 8.22. The molecule has 0 fully saturated rings. The first-order valence-corrected chi connectivity index (χ1v) is 4.52. The van der Waals surface area contributed by atoms with Crippen LogP contribution in [0.1, 0.15) is 26.7 Å². The SMILES string of the molecule is CC1=C(/C)NN(C)CCC/C=C\1. The molecule has 1 aliphatic rings. The summed E-state index contributed by atoms with van der Waals surface area (Å²) < 4.78 is 0. The second kappa shape index (κ2) is 4.31. The minimum Gasteiger partial charge on any atom is -0.323 e. The van der Waals surface area contributed by atoms with Gasteiger partial charge in [-0.2, -0.15) is 0 Å². The van der Waals surface area contributed by atoms with E-state index in [0.29, 0.717) is 0 Å². The molecule has 0 amide bonds. The molecular formula is C10H18N2. The summed E-state index contributed by atoms with van der Waals surface area (Å²) in [4.78, 5) is 0. The van der Waals surface area contributed by atoms with Crippen LogP contribution < -0.4 is 5.43 Å². The Morgan fingerprint density at radius 3 is 2.92 bits per heavy atom. The quantitative estimate of drug-likeness (QED) is 0.592. The zero-order chi connectivity index (χ0) is 8.97. The van der Waals surface area contributed by atoms with Crippen LogP contribution in [0.15, 0.2) is 23.4 Å². The lowest BCUT2D eigenvalue weighted by Gasteiger charge is -2.19. The second-order valence-corrected chi connectivity index (χ2v) is 3.39. The highest BCUT2D eigenvalue weighted by Gasteiger charge is 2.00. The van der Waals surface area contributed by atoms with Crippen molar-refractivity contribution in [2.75, 3.05) is 13.6 Å². The van der Waals surface area contributed by atoms with E-state index in [4.69, 9.17) is 0 Å². The van der Waals surface area contributed by atoms with Gasteiger partial charge in [-0.3, -0.25) is 0 Å². The first-order valence-electron chi connectivity index (χ1n) is 4.52. The number of hydrogen-bond acceptors (Lipinski definition) is 2. The van der Waals surface area contributed by atoms with Gasteiger partial charge in [0.25, 0.3) is 0 Å². The third-order valence-electron chi connectivity index (χ3n) is 2.18. The smallest absolute Gasteiger partial charge is 0.0262 e. The first kappa shape index (κ1) is 9.33. The molecule has 0 aliphatic carbocycles. The van der Waals surface area contributed by atoms with Gasteiger partial charge in [-0.1, -0.05) is 12.2 Å². The van der Waals surface area contributed by atoms with Crippen LogP contribution in [0.2, 0.25) is 0 Å². The van der Waals surface area contributed by atoms with Gasteiger partial charge in [0, 0.05) is 19.3 Å². The standard InChI is InChI=1S/C10H18N2/c1-9-7-5-4-6-8-12(3)11-10(9)2/h5,7,11H,4,6,8H2,1-3H3/b7-5-,10-9+. The third kappa shape index (κ3) is 2.70. The molecule has 68 valence electrons. The molecule has 0 aromatic rings. The third-order valence-corrected chi connectivity index (χ3v) is 2.18. The van der Waals surface area contributed by atoms with Gasteiger partial charge in [0.05, 0.1) is 0 Å². The number of nitrogens with one attached hydrogen (secondary N) is 1. The minimum atomic E-state index is 1.11. The van der Waals surface area contributed by atoms with Crippen molar-refractivity contribution in [1.82, 2.24) is 10.4 Å². The van der Waals surface area contributed by atoms with Crippen LogP contribution in [-0.4, -0.2) is 18.6 Å². The number of rotatable bonds is 0. The maximum Gasteiger partial charge on any atom is 0.0262 e. The van der Waals surface area contributed by atoms with Crippen molar-refractivity contribution < 1.29 is 0 Å². The van der Waals surface area contributed by atoms with E-state index in [1.165, 1.54) is 24.1 Å². The Morgan fingerprint density at radius 2 is 2.17 bits per heavy atom. The van der Waals surface area contributed by atoms with Gasteiger partial charge in [0.2, 0.25) is 0 Å². The van der Waals surface area contributed by atoms with Gasteiger partial charge in [-0.05, 0) is 32.3 Å². The van der Waals surface area contributed by atoms with Crippen LogP contribution >= 0.6 is 0 Å². The monoisotopic (exact) mass is 166 g/mol. The number of allylic oxidation sites excluding steroid dienone is 4. The average Bonchev–Trinajstić information content (AvgIpc) is 2.07. The van der Waals surface area contributed by atoms with Crippen LogP contribution in [0.4, 0.5) is 0 Å². The van der Waals surface area contributed by atoms with E-state index in [1.54, 1.807) is 0 Å². The highest BCUT2D eigenvalue weighted by molar-refractivity contribution is 5.21. The summed E-state index contributed by atoms with van der Waals surface area (Å²) in [6.07, 6.45) is 6.85. The van der Waals surface area contributed by atoms with Crippen LogP contribution in [-0.2, 0) is 0 Å². The Kier molecular flexibility index (Phi) is 3.35. The molecular weight excluding hydrogens is 148 g/mol. The summed E-state index contributed by atoms with van der Waals surface area (Å²) in [5.41, 5.74) is 5.90. The number of nitrogens with zero attached hydrogens (tertiary/aromatic N) is 1. The fourth-order valence-electron chi connectivity index (χ4n) is 1.26. The molecule has 1 rings (SSSR count). The molecule has 0 radical (unpaired) electrons. The summed E-state index contributed by atoms with van der Waals surface area (Å²) in [5.74, 6) is 0. The van der Waals surface area contributed by atoms with E-state index in [1.807, 2.05) is 0 Å². The van der Waals surface area contributed by atoms with Gasteiger partial charge in [0.15, 0.2) is 0 Å². The zero-order valence-corrected chi connectivity index (χ0v) is 8.22. The van der Waals surface area contributed by atoms with Crippen LogP contribution in [0.3, 0.4) is 0 Å². The molecule has 0 spiro atoms. The lowest BCUT2D eigenvalue weighted by molar-refractivity contribution is 0.262.